The Balaban J connectivity index is 2.29. The van der Waals surface area contributed by atoms with Crippen molar-refractivity contribution >= 4 is 13.2 Å². The van der Waals surface area contributed by atoms with Gasteiger partial charge in [0.15, 0.2) is 0 Å². The Morgan fingerprint density at radius 1 is 0.962 bits per heavy atom. The molecule has 4 heteroatoms. The zero-order valence-corrected chi connectivity index (χ0v) is 17.7. The summed E-state index contributed by atoms with van der Waals surface area (Å²) in [5, 5.41) is 1.47. The van der Waals surface area contributed by atoms with Crippen LogP contribution in [0.3, 0.4) is 0 Å². The molecule has 26 heavy (non-hydrogen) atoms. The first-order valence-electron chi connectivity index (χ1n) is 9.10. The van der Waals surface area contributed by atoms with Crippen LogP contribution in [0.1, 0.15) is 34.6 Å². The van der Waals surface area contributed by atoms with Gasteiger partial charge < -0.3 is 14.2 Å². The number of benzene rings is 2. The highest BCUT2D eigenvalue weighted by molar-refractivity contribution is 7.68. The summed E-state index contributed by atoms with van der Waals surface area (Å²) in [5.41, 5.74) is 2.18. The van der Waals surface area contributed by atoms with Crippen molar-refractivity contribution in [1.29, 1.82) is 0 Å². The maximum atomic E-state index is 6.46. The molecule has 1 aliphatic rings. The van der Waals surface area contributed by atoms with Gasteiger partial charge in [-0.3, -0.25) is 0 Å². The van der Waals surface area contributed by atoms with Gasteiger partial charge in [0.25, 0.3) is 0 Å². The van der Waals surface area contributed by atoms with Crippen LogP contribution >= 0.6 is 7.92 Å². The average molecular weight is 372 g/mol. The lowest BCUT2D eigenvalue weighted by molar-refractivity contribution is 0.240. The normalized spacial score (nSPS) is 19.2. The summed E-state index contributed by atoms with van der Waals surface area (Å²) in [5.74, 6) is 3.35. The summed E-state index contributed by atoms with van der Waals surface area (Å²) in [4.78, 5) is 0. The molecule has 1 aliphatic heterocycles. The highest BCUT2D eigenvalue weighted by Crippen LogP contribution is 2.62. The van der Waals surface area contributed by atoms with E-state index in [0.717, 1.165) is 22.8 Å². The van der Waals surface area contributed by atoms with Crippen molar-refractivity contribution < 1.29 is 14.2 Å². The molecule has 2 atom stereocenters. The minimum atomic E-state index is -0.517. The van der Waals surface area contributed by atoms with Crippen molar-refractivity contribution in [2.75, 3.05) is 14.2 Å². The molecule has 2 aromatic rings. The second-order valence-electron chi connectivity index (χ2n) is 7.98. The molecule has 0 aliphatic carbocycles. The molecular weight excluding hydrogens is 343 g/mol. The van der Waals surface area contributed by atoms with E-state index in [1.807, 2.05) is 18.2 Å². The van der Waals surface area contributed by atoms with Crippen LogP contribution in [0.25, 0.3) is 11.1 Å². The van der Waals surface area contributed by atoms with E-state index in [4.69, 9.17) is 14.2 Å². The molecule has 2 aromatic carbocycles. The summed E-state index contributed by atoms with van der Waals surface area (Å²) >= 11 is 0. The van der Waals surface area contributed by atoms with Gasteiger partial charge in [-0.2, -0.15) is 0 Å². The van der Waals surface area contributed by atoms with Gasteiger partial charge >= 0.3 is 0 Å². The number of hydrogen-bond acceptors (Lipinski definition) is 3. The van der Waals surface area contributed by atoms with Crippen LogP contribution in [0.15, 0.2) is 36.4 Å². The van der Waals surface area contributed by atoms with Crippen LogP contribution < -0.4 is 19.5 Å². The smallest absolute Gasteiger partial charge is 0.130 e. The molecule has 140 valence electrons. The maximum absolute atomic E-state index is 6.46. The van der Waals surface area contributed by atoms with Gasteiger partial charge in [0.2, 0.25) is 0 Å². The van der Waals surface area contributed by atoms with Gasteiger partial charge in [-0.05, 0) is 37.2 Å². The van der Waals surface area contributed by atoms with E-state index in [-0.39, 0.29) is 11.0 Å². The van der Waals surface area contributed by atoms with Crippen molar-refractivity contribution in [3.8, 4) is 28.4 Å². The van der Waals surface area contributed by atoms with Crippen molar-refractivity contribution in [3.63, 3.8) is 0 Å². The van der Waals surface area contributed by atoms with Crippen LogP contribution in [-0.2, 0) is 0 Å². The Labute approximate surface area is 158 Å². The zero-order chi connectivity index (χ0) is 19.1. The molecule has 0 aromatic heterocycles. The Morgan fingerprint density at radius 2 is 1.54 bits per heavy atom. The predicted octanol–water partition coefficient (Wildman–Crippen LogP) is 5.65. The predicted molar refractivity (Wildman–Crippen MR) is 111 cm³/mol. The highest BCUT2D eigenvalue weighted by atomic mass is 31.1. The summed E-state index contributed by atoms with van der Waals surface area (Å²) in [6.45, 7) is 11.5. The lowest BCUT2D eigenvalue weighted by Crippen LogP contribution is -2.28. The van der Waals surface area contributed by atoms with Gasteiger partial charge in [-0.1, -0.05) is 52.8 Å². The molecule has 0 amide bonds. The molecule has 1 unspecified atom stereocenters. The molecule has 0 bridgehead atoms. The van der Waals surface area contributed by atoms with E-state index >= 15 is 0 Å². The molecule has 0 radical (unpaired) electrons. The first kappa shape index (κ1) is 19.0. The third-order valence-corrected chi connectivity index (χ3v) is 8.33. The highest BCUT2D eigenvalue weighted by Gasteiger charge is 2.44. The van der Waals surface area contributed by atoms with Gasteiger partial charge in [-0.15, -0.1) is 0 Å². The number of methoxy groups -OCH3 is 2. The molecule has 0 N–H and O–H groups in total. The molecule has 1 heterocycles. The van der Waals surface area contributed by atoms with E-state index in [0.29, 0.717) is 5.92 Å². The molecular formula is C22H29O3P. The number of fused-ring (bicyclic) bond motifs is 1. The van der Waals surface area contributed by atoms with Crippen LogP contribution in [0.5, 0.6) is 17.2 Å². The second kappa shape index (κ2) is 7.12. The van der Waals surface area contributed by atoms with E-state index in [9.17, 15) is 0 Å². The van der Waals surface area contributed by atoms with Crippen LogP contribution in [0, 0.1) is 5.92 Å². The van der Waals surface area contributed by atoms with E-state index in [1.165, 1.54) is 10.9 Å². The van der Waals surface area contributed by atoms with Crippen LogP contribution in [-0.4, -0.2) is 25.2 Å². The van der Waals surface area contributed by atoms with Gasteiger partial charge in [0.05, 0.1) is 19.8 Å². The quantitative estimate of drug-likeness (QED) is 0.649. The molecule has 3 rings (SSSR count). The fraction of sp³-hybridized carbons (Fsp3) is 0.455. The summed E-state index contributed by atoms with van der Waals surface area (Å²) in [6, 6.07) is 12.3. The van der Waals surface area contributed by atoms with Crippen molar-refractivity contribution in [3.05, 3.63) is 36.4 Å². The summed E-state index contributed by atoms with van der Waals surface area (Å²) < 4.78 is 17.8. The fourth-order valence-electron chi connectivity index (χ4n) is 3.65. The third-order valence-electron chi connectivity index (χ3n) is 4.73. The standard InChI is InChI=1S/C22H29O3P/c1-14(2)21-25-18-13-8-10-15(20(18)26(21)22(3,4)5)19-16(23-6)11-9-12-17(19)24-7/h8-14,21H,1-7H3/t21-,26?/m1/s1. The lowest BCUT2D eigenvalue weighted by atomic mass is 10.0. The number of rotatable bonds is 4. The van der Waals surface area contributed by atoms with Crippen LogP contribution in [0.4, 0.5) is 0 Å². The topological polar surface area (TPSA) is 27.7 Å². The fourth-order valence-corrected chi connectivity index (χ4v) is 6.96. The number of hydrogen-bond donors (Lipinski definition) is 0. The average Bonchev–Trinajstić information content (AvgIpc) is 3.01. The minimum absolute atomic E-state index is 0.140. The van der Waals surface area contributed by atoms with Crippen molar-refractivity contribution in [2.45, 2.75) is 45.6 Å². The minimum Gasteiger partial charge on any atom is -0.496 e. The summed E-state index contributed by atoms with van der Waals surface area (Å²) in [6.07, 6.45) is 0. The second-order valence-corrected chi connectivity index (χ2v) is 11.0. The molecule has 0 spiro atoms. The third kappa shape index (κ3) is 3.18. The Bertz CT molecular complexity index is 770. The molecule has 0 saturated carbocycles. The van der Waals surface area contributed by atoms with E-state index in [1.54, 1.807) is 14.2 Å². The van der Waals surface area contributed by atoms with Crippen molar-refractivity contribution in [2.24, 2.45) is 5.92 Å². The SMILES string of the molecule is COc1cccc(OC)c1-c1cccc2c1P(C(C)(C)C)[C@H](C(C)C)O2. The Hall–Kier alpha value is -1.73. The largest absolute Gasteiger partial charge is 0.496 e. The number of ether oxygens (including phenoxy) is 3. The zero-order valence-electron chi connectivity index (χ0n) is 16.8. The van der Waals surface area contributed by atoms with Crippen LogP contribution in [0.2, 0.25) is 0 Å². The van der Waals surface area contributed by atoms with Crippen molar-refractivity contribution in [1.82, 2.24) is 0 Å². The Morgan fingerprint density at radius 3 is 2.04 bits per heavy atom. The molecule has 0 saturated heterocycles. The van der Waals surface area contributed by atoms with Gasteiger partial charge in [0.1, 0.15) is 23.1 Å². The van der Waals surface area contributed by atoms with Gasteiger partial charge in [0, 0.05) is 10.9 Å². The summed E-state index contributed by atoms with van der Waals surface area (Å²) in [7, 11) is 2.90. The van der Waals surface area contributed by atoms with Gasteiger partial charge in [-0.25, -0.2) is 0 Å². The Kier molecular flexibility index (Phi) is 5.21. The maximum Gasteiger partial charge on any atom is 0.130 e. The first-order valence-corrected chi connectivity index (χ1v) is 10.5. The lowest BCUT2D eigenvalue weighted by Gasteiger charge is -2.34. The van der Waals surface area contributed by atoms with E-state index in [2.05, 4.69) is 52.8 Å². The molecule has 3 nitrogen and oxygen atoms in total. The monoisotopic (exact) mass is 372 g/mol. The van der Waals surface area contributed by atoms with E-state index < -0.39 is 7.92 Å². The molecule has 0 fully saturated rings. The first-order chi connectivity index (χ1) is 12.3.